The van der Waals surface area contributed by atoms with Crippen LogP contribution >= 0.6 is 0 Å². The minimum atomic E-state index is -0.936. The van der Waals surface area contributed by atoms with Crippen molar-refractivity contribution in [1.29, 1.82) is 0 Å². The van der Waals surface area contributed by atoms with E-state index in [4.69, 9.17) is 13.9 Å². The second-order valence-corrected chi connectivity index (χ2v) is 8.52. The van der Waals surface area contributed by atoms with Crippen LogP contribution < -0.4 is 10.4 Å². The molecule has 162 valence electrons. The summed E-state index contributed by atoms with van der Waals surface area (Å²) in [5, 5.41) is 0.784. The fraction of sp³-hybridized carbons (Fsp3) is 0.320. The molecular formula is C25H26O6. The Labute approximate surface area is 180 Å². The summed E-state index contributed by atoms with van der Waals surface area (Å²) >= 11 is 0. The van der Waals surface area contributed by atoms with Crippen molar-refractivity contribution < 1.29 is 23.5 Å². The SMILES string of the molecule is Cc1cc(=O)oc2cc(OCC(=O)OC(C)C(=O)c3ccc(C(C)(C)C)cc3)ccc12. The third-order valence-electron chi connectivity index (χ3n) is 4.99. The lowest BCUT2D eigenvalue weighted by Gasteiger charge is -2.19. The van der Waals surface area contributed by atoms with Crippen LogP contribution in [-0.2, 0) is 14.9 Å². The van der Waals surface area contributed by atoms with Gasteiger partial charge in [-0.2, -0.15) is 0 Å². The van der Waals surface area contributed by atoms with E-state index >= 15 is 0 Å². The largest absolute Gasteiger partial charge is 0.482 e. The molecule has 0 spiro atoms. The third-order valence-corrected chi connectivity index (χ3v) is 4.99. The standard InChI is InChI=1S/C25H26O6/c1-15-12-22(26)31-21-13-19(10-11-20(15)21)29-14-23(27)30-16(2)24(28)17-6-8-18(9-7-17)25(3,4)5/h6-13,16H,14H2,1-5H3. The van der Waals surface area contributed by atoms with Crippen molar-refractivity contribution >= 4 is 22.7 Å². The molecular weight excluding hydrogens is 396 g/mol. The van der Waals surface area contributed by atoms with E-state index in [9.17, 15) is 14.4 Å². The number of ketones is 1. The number of carbonyl (C=O) groups is 2. The molecule has 0 N–H and O–H groups in total. The lowest BCUT2D eigenvalue weighted by atomic mass is 9.86. The molecule has 0 aliphatic heterocycles. The number of fused-ring (bicyclic) bond motifs is 1. The number of ether oxygens (including phenoxy) is 2. The highest BCUT2D eigenvalue weighted by Gasteiger charge is 2.21. The maximum atomic E-state index is 12.6. The van der Waals surface area contributed by atoms with Gasteiger partial charge in [-0.3, -0.25) is 4.79 Å². The van der Waals surface area contributed by atoms with E-state index in [1.165, 1.54) is 13.0 Å². The fourth-order valence-electron chi connectivity index (χ4n) is 3.19. The van der Waals surface area contributed by atoms with Crippen LogP contribution in [-0.4, -0.2) is 24.5 Å². The summed E-state index contributed by atoms with van der Waals surface area (Å²) in [6.45, 7) is 9.26. The highest BCUT2D eigenvalue weighted by Crippen LogP contribution is 2.23. The second-order valence-electron chi connectivity index (χ2n) is 8.52. The first-order valence-corrected chi connectivity index (χ1v) is 10.1. The van der Waals surface area contributed by atoms with Gasteiger partial charge in [0.1, 0.15) is 11.3 Å². The van der Waals surface area contributed by atoms with Crippen LogP contribution in [0.4, 0.5) is 0 Å². The molecule has 1 heterocycles. The Hall–Kier alpha value is -3.41. The highest BCUT2D eigenvalue weighted by atomic mass is 16.6. The molecule has 0 saturated carbocycles. The maximum absolute atomic E-state index is 12.6. The Morgan fingerprint density at radius 2 is 1.71 bits per heavy atom. The molecule has 1 aromatic heterocycles. The zero-order chi connectivity index (χ0) is 22.8. The van der Waals surface area contributed by atoms with Crippen LogP contribution in [0.1, 0.15) is 49.2 Å². The molecule has 0 saturated heterocycles. The van der Waals surface area contributed by atoms with E-state index in [2.05, 4.69) is 20.8 Å². The molecule has 2 aromatic carbocycles. The predicted molar refractivity (Wildman–Crippen MR) is 118 cm³/mol. The molecule has 0 aliphatic rings. The number of aryl methyl sites for hydroxylation is 1. The monoisotopic (exact) mass is 422 g/mol. The van der Waals surface area contributed by atoms with Gasteiger partial charge >= 0.3 is 11.6 Å². The van der Waals surface area contributed by atoms with Gasteiger partial charge in [-0.1, -0.05) is 45.0 Å². The van der Waals surface area contributed by atoms with Crippen molar-refractivity contribution in [3.8, 4) is 5.75 Å². The minimum absolute atomic E-state index is 0.0129. The van der Waals surface area contributed by atoms with Gasteiger partial charge in [0.05, 0.1) is 0 Å². The minimum Gasteiger partial charge on any atom is -0.482 e. The lowest BCUT2D eigenvalue weighted by Crippen LogP contribution is -2.27. The van der Waals surface area contributed by atoms with Crippen LogP contribution in [0.15, 0.2) is 57.7 Å². The molecule has 0 bridgehead atoms. The van der Waals surface area contributed by atoms with Gasteiger partial charge in [0.15, 0.2) is 12.7 Å². The van der Waals surface area contributed by atoms with Gasteiger partial charge in [0, 0.05) is 23.1 Å². The molecule has 3 aromatic rings. The van der Waals surface area contributed by atoms with E-state index in [1.54, 1.807) is 30.3 Å². The van der Waals surface area contributed by atoms with Crippen LogP contribution in [0.25, 0.3) is 11.0 Å². The lowest BCUT2D eigenvalue weighted by molar-refractivity contribution is -0.148. The number of hydrogen-bond donors (Lipinski definition) is 0. The summed E-state index contributed by atoms with van der Waals surface area (Å²) in [5.41, 5.74) is 2.29. The van der Waals surface area contributed by atoms with E-state index in [0.717, 1.165) is 16.5 Å². The number of esters is 1. The van der Waals surface area contributed by atoms with Gasteiger partial charge in [-0.15, -0.1) is 0 Å². The first-order chi connectivity index (χ1) is 14.5. The summed E-state index contributed by atoms with van der Waals surface area (Å²) in [4.78, 5) is 36.3. The Morgan fingerprint density at radius 1 is 1.03 bits per heavy atom. The molecule has 0 amide bonds. The highest BCUT2D eigenvalue weighted by molar-refractivity contribution is 6.00. The summed E-state index contributed by atoms with van der Waals surface area (Å²) in [5.74, 6) is -0.593. The van der Waals surface area contributed by atoms with Crippen LogP contribution in [0.3, 0.4) is 0 Å². The Bertz CT molecular complexity index is 1170. The average molecular weight is 422 g/mol. The van der Waals surface area contributed by atoms with Gasteiger partial charge in [0.25, 0.3) is 0 Å². The zero-order valence-electron chi connectivity index (χ0n) is 18.4. The summed E-state index contributed by atoms with van der Waals surface area (Å²) in [7, 11) is 0. The number of hydrogen-bond acceptors (Lipinski definition) is 6. The molecule has 6 nitrogen and oxygen atoms in total. The van der Waals surface area contributed by atoms with Gasteiger partial charge in [-0.05, 0) is 42.5 Å². The number of rotatable bonds is 6. The van der Waals surface area contributed by atoms with Crippen LogP contribution in [0.2, 0.25) is 0 Å². The van der Waals surface area contributed by atoms with Crippen molar-refractivity contribution in [3.05, 3.63) is 75.6 Å². The molecule has 0 radical (unpaired) electrons. The summed E-state index contributed by atoms with van der Waals surface area (Å²) < 4.78 is 15.8. The fourth-order valence-corrected chi connectivity index (χ4v) is 3.19. The van der Waals surface area contributed by atoms with E-state index in [-0.39, 0.29) is 17.8 Å². The first-order valence-electron chi connectivity index (χ1n) is 10.1. The van der Waals surface area contributed by atoms with Gasteiger partial charge in [-0.25, -0.2) is 9.59 Å². The molecule has 3 rings (SSSR count). The predicted octanol–water partition coefficient (Wildman–Crippen LogP) is 4.59. The Kier molecular flexibility index (Phi) is 6.29. The van der Waals surface area contributed by atoms with Crippen molar-refractivity contribution in [1.82, 2.24) is 0 Å². The van der Waals surface area contributed by atoms with Crippen molar-refractivity contribution in [2.24, 2.45) is 0 Å². The molecule has 31 heavy (non-hydrogen) atoms. The zero-order valence-corrected chi connectivity index (χ0v) is 18.4. The van der Waals surface area contributed by atoms with Gasteiger partial charge < -0.3 is 13.9 Å². The molecule has 0 aliphatic carbocycles. The van der Waals surface area contributed by atoms with Crippen LogP contribution in [0, 0.1) is 6.92 Å². The maximum Gasteiger partial charge on any atom is 0.344 e. The van der Waals surface area contributed by atoms with Crippen molar-refractivity contribution in [2.45, 2.75) is 46.1 Å². The van der Waals surface area contributed by atoms with Gasteiger partial charge in [0.2, 0.25) is 5.78 Å². The molecule has 6 heteroatoms. The Morgan fingerprint density at radius 3 is 2.35 bits per heavy atom. The summed E-state index contributed by atoms with van der Waals surface area (Å²) in [6.07, 6.45) is -0.936. The first kappa shape index (κ1) is 22.3. The Balaban J connectivity index is 1.59. The number of benzene rings is 2. The molecule has 1 atom stereocenters. The van der Waals surface area contributed by atoms with Crippen LogP contribution in [0.5, 0.6) is 5.75 Å². The summed E-state index contributed by atoms with van der Waals surface area (Å²) in [6, 6.07) is 13.7. The molecule has 1 unspecified atom stereocenters. The third kappa shape index (κ3) is 5.40. The average Bonchev–Trinajstić information content (AvgIpc) is 2.70. The van der Waals surface area contributed by atoms with E-state index in [1.807, 2.05) is 19.1 Å². The second kappa shape index (κ2) is 8.76. The van der Waals surface area contributed by atoms with Crippen molar-refractivity contribution in [2.75, 3.05) is 6.61 Å². The van der Waals surface area contributed by atoms with Crippen molar-refractivity contribution in [3.63, 3.8) is 0 Å². The topological polar surface area (TPSA) is 82.8 Å². The normalized spacial score (nSPS) is 12.4. The number of carbonyl (C=O) groups excluding carboxylic acids is 2. The van der Waals surface area contributed by atoms with E-state index < -0.39 is 17.7 Å². The van der Waals surface area contributed by atoms with E-state index in [0.29, 0.717) is 16.9 Å². The number of Topliss-reactive ketones (excluding diaryl/α,β-unsaturated/α-hetero) is 1. The molecule has 0 fully saturated rings. The quantitative estimate of drug-likeness (QED) is 0.328. The smallest absolute Gasteiger partial charge is 0.344 e.